The van der Waals surface area contributed by atoms with Gasteiger partial charge in [-0.2, -0.15) is 5.10 Å². The first kappa shape index (κ1) is 17.1. The van der Waals surface area contributed by atoms with Gasteiger partial charge in [0.25, 0.3) is 5.91 Å². The molecule has 2 aromatic heterocycles. The molecule has 1 aliphatic heterocycles. The number of aromatic nitrogens is 5. The normalized spacial score (nSPS) is 17.6. The molecular formula is C16H23N7O2. The summed E-state index contributed by atoms with van der Waals surface area (Å²) in [5, 5.41) is 14.9. The summed E-state index contributed by atoms with van der Waals surface area (Å²) in [7, 11) is 1.86. The lowest BCUT2D eigenvalue weighted by Crippen LogP contribution is -2.33. The Hall–Kier alpha value is -2.71. The summed E-state index contributed by atoms with van der Waals surface area (Å²) in [6.07, 6.45) is 7.39. The number of amides is 3. The lowest BCUT2D eigenvalue weighted by atomic mass is 10.1. The van der Waals surface area contributed by atoms with E-state index in [2.05, 4.69) is 20.7 Å². The van der Waals surface area contributed by atoms with Crippen molar-refractivity contribution >= 4 is 11.9 Å². The number of rotatable bonds is 7. The van der Waals surface area contributed by atoms with Gasteiger partial charge in [-0.25, -0.2) is 9.48 Å². The van der Waals surface area contributed by atoms with E-state index in [4.69, 9.17) is 0 Å². The fourth-order valence-electron chi connectivity index (χ4n) is 2.84. The highest BCUT2D eigenvalue weighted by Crippen LogP contribution is 2.13. The Morgan fingerprint density at radius 1 is 1.28 bits per heavy atom. The molecule has 25 heavy (non-hydrogen) atoms. The summed E-state index contributed by atoms with van der Waals surface area (Å²) in [4.78, 5) is 25.8. The van der Waals surface area contributed by atoms with Gasteiger partial charge in [0.15, 0.2) is 0 Å². The largest absolute Gasteiger partial charge is 0.325 e. The van der Waals surface area contributed by atoms with Crippen LogP contribution in [0.4, 0.5) is 4.79 Å². The van der Waals surface area contributed by atoms with Crippen LogP contribution in [-0.4, -0.2) is 54.2 Å². The van der Waals surface area contributed by atoms with Crippen LogP contribution in [0.1, 0.15) is 37.6 Å². The predicted molar refractivity (Wildman–Crippen MR) is 89.7 cm³/mol. The monoisotopic (exact) mass is 345 g/mol. The first-order valence-electron chi connectivity index (χ1n) is 8.44. The average Bonchev–Trinajstić information content (AvgIpc) is 3.24. The topological polar surface area (TPSA) is 97.9 Å². The molecule has 1 unspecified atom stereocenters. The average molecular weight is 345 g/mol. The number of urea groups is 1. The maximum atomic E-state index is 12.5. The third-order valence-electron chi connectivity index (χ3n) is 4.21. The van der Waals surface area contributed by atoms with Gasteiger partial charge in [-0.3, -0.25) is 14.4 Å². The Balaban J connectivity index is 1.54. The standard InChI is InChI=1S/C16H23N7O2/c1-11(2)23-10-13(19-20-23)7-14-15(24)22(16(25)18-14)6-4-5-12-8-17-21(3)9-12/h8-11,14H,4-7H2,1-3H3,(H,18,25). The molecular weight excluding hydrogens is 322 g/mol. The van der Waals surface area contributed by atoms with Crippen molar-refractivity contribution in [1.82, 2.24) is 35.0 Å². The second kappa shape index (κ2) is 7.04. The van der Waals surface area contributed by atoms with E-state index in [0.717, 1.165) is 12.0 Å². The van der Waals surface area contributed by atoms with Gasteiger partial charge in [-0.1, -0.05) is 5.21 Å². The molecule has 0 bridgehead atoms. The number of imide groups is 1. The molecule has 0 aliphatic carbocycles. The van der Waals surface area contributed by atoms with Crippen molar-refractivity contribution in [3.05, 3.63) is 29.8 Å². The minimum Gasteiger partial charge on any atom is -0.325 e. The number of carbonyl (C=O) groups excluding carboxylic acids is 2. The van der Waals surface area contributed by atoms with Crippen LogP contribution in [-0.2, 0) is 24.7 Å². The minimum absolute atomic E-state index is 0.199. The van der Waals surface area contributed by atoms with Gasteiger partial charge in [0.2, 0.25) is 0 Å². The fraction of sp³-hybridized carbons (Fsp3) is 0.562. The zero-order valence-electron chi connectivity index (χ0n) is 14.7. The van der Waals surface area contributed by atoms with Gasteiger partial charge in [-0.15, -0.1) is 5.10 Å². The minimum atomic E-state index is -0.566. The number of hydrogen-bond acceptors (Lipinski definition) is 5. The number of aryl methyl sites for hydroxylation is 2. The molecule has 0 saturated carbocycles. The molecule has 1 fully saturated rings. The highest BCUT2D eigenvalue weighted by molar-refractivity contribution is 6.04. The Bertz CT molecular complexity index is 764. The lowest BCUT2D eigenvalue weighted by molar-refractivity contribution is -0.127. The molecule has 3 amide bonds. The molecule has 3 rings (SSSR count). The second-order valence-corrected chi connectivity index (χ2v) is 6.61. The van der Waals surface area contributed by atoms with Gasteiger partial charge < -0.3 is 5.32 Å². The van der Waals surface area contributed by atoms with Gasteiger partial charge in [0.1, 0.15) is 6.04 Å². The molecule has 134 valence electrons. The Morgan fingerprint density at radius 2 is 2.08 bits per heavy atom. The smallest absolute Gasteiger partial charge is 0.324 e. The van der Waals surface area contributed by atoms with E-state index in [-0.39, 0.29) is 18.0 Å². The zero-order chi connectivity index (χ0) is 18.0. The zero-order valence-corrected chi connectivity index (χ0v) is 14.7. The number of nitrogens with zero attached hydrogens (tertiary/aromatic N) is 6. The lowest BCUT2D eigenvalue weighted by Gasteiger charge is -2.12. The highest BCUT2D eigenvalue weighted by atomic mass is 16.2. The van der Waals surface area contributed by atoms with Crippen LogP contribution < -0.4 is 5.32 Å². The van der Waals surface area contributed by atoms with E-state index < -0.39 is 6.04 Å². The molecule has 3 heterocycles. The quantitative estimate of drug-likeness (QED) is 0.745. The van der Waals surface area contributed by atoms with E-state index in [1.54, 1.807) is 15.6 Å². The van der Waals surface area contributed by atoms with E-state index in [1.807, 2.05) is 33.3 Å². The predicted octanol–water partition coefficient (Wildman–Crippen LogP) is 0.688. The molecule has 0 radical (unpaired) electrons. The summed E-state index contributed by atoms with van der Waals surface area (Å²) >= 11 is 0. The van der Waals surface area contributed by atoms with Gasteiger partial charge in [0.05, 0.1) is 11.9 Å². The van der Waals surface area contributed by atoms with Crippen molar-refractivity contribution in [3.8, 4) is 0 Å². The summed E-state index contributed by atoms with van der Waals surface area (Å²) in [6, 6.07) is -0.695. The first-order chi connectivity index (χ1) is 11.9. The van der Waals surface area contributed by atoms with E-state index in [0.29, 0.717) is 25.1 Å². The van der Waals surface area contributed by atoms with E-state index in [9.17, 15) is 9.59 Å². The van der Waals surface area contributed by atoms with Crippen molar-refractivity contribution in [3.63, 3.8) is 0 Å². The van der Waals surface area contributed by atoms with E-state index in [1.165, 1.54) is 4.90 Å². The SMILES string of the molecule is CC(C)n1cc(CC2NC(=O)N(CCCc3cnn(C)c3)C2=O)nn1. The van der Waals surface area contributed by atoms with Crippen LogP contribution in [0, 0.1) is 0 Å². The van der Waals surface area contributed by atoms with Gasteiger partial charge in [0, 0.05) is 38.4 Å². The van der Waals surface area contributed by atoms with Crippen molar-refractivity contribution in [2.75, 3.05) is 6.54 Å². The number of carbonyl (C=O) groups is 2. The molecule has 1 atom stereocenters. The Morgan fingerprint density at radius 3 is 2.72 bits per heavy atom. The molecule has 1 N–H and O–H groups in total. The molecule has 1 aliphatic rings. The van der Waals surface area contributed by atoms with Crippen molar-refractivity contribution in [1.29, 1.82) is 0 Å². The van der Waals surface area contributed by atoms with Crippen LogP contribution in [0.2, 0.25) is 0 Å². The third kappa shape index (κ3) is 3.86. The number of nitrogens with one attached hydrogen (secondary N) is 1. The fourth-order valence-corrected chi connectivity index (χ4v) is 2.84. The molecule has 0 spiro atoms. The highest BCUT2D eigenvalue weighted by Gasteiger charge is 2.37. The van der Waals surface area contributed by atoms with E-state index >= 15 is 0 Å². The van der Waals surface area contributed by atoms with Crippen LogP contribution >= 0.6 is 0 Å². The molecule has 9 heteroatoms. The Kier molecular flexibility index (Phi) is 4.82. The van der Waals surface area contributed by atoms with Gasteiger partial charge in [-0.05, 0) is 32.3 Å². The maximum Gasteiger partial charge on any atom is 0.324 e. The van der Waals surface area contributed by atoms with Crippen molar-refractivity contribution in [2.24, 2.45) is 7.05 Å². The third-order valence-corrected chi connectivity index (χ3v) is 4.21. The molecule has 9 nitrogen and oxygen atoms in total. The maximum absolute atomic E-state index is 12.5. The van der Waals surface area contributed by atoms with Crippen molar-refractivity contribution in [2.45, 2.75) is 45.2 Å². The first-order valence-corrected chi connectivity index (χ1v) is 8.44. The second-order valence-electron chi connectivity index (χ2n) is 6.61. The summed E-state index contributed by atoms with van der Waals surface area (Å²) < 4.78 is 3.48. The van der Waals surface area contributed by atoms with Crippen LogP contribution in [0.15, 0.2) is 18.6 Å². The Labute approximate surface area is 146 Å². The summed E-state index contributed by atoms with van der Waals surface area (Å²) in [6.45, 7) is 4.41. The van der Waals surface area contributed by atoms with Gasteiger partial charge >= 0.3 is 6.03 Å². The molecule has 2 aromatic rings. The van der Waals surface area contributed by atoms with Crippen LogP contribution in [0.3, 0.4) is 0 Å². The van der Waals surface area contributed by atoms with Crippen LogP contribution in [0.5, 0.6) is 0 Å². The van der Waals surface area contributed by atoms with Crippen molar-refractivity contribution < 1.29 is 9.59 Å². The summed E-state index contributed by atoms with van der Waals surface area (Å²) in [5.41, 5.74) is 1.79. The molecule has 1 saturated heterocycles. The summed E-state index contributed by atoms with van der Waals surface area (Å²) in [5.74, 6) is -0.199. The molecule has 0 aromatic carbocycles. The number of hydrogen-bond donors (Lipinski definition) is 1. The van der Waals surface area contributed by atoms with Crippen LogP contribution in [0.25, 0.3) is 0 Å².